The highest BCUT2D eigenvalue weighted by Gasteiger charge is 2.47. The third kappa shape index (κ3) is 6.64. The fourth-order valence-electron chi connectivity index (χ4n) is 10.2. The Morgan fingerprint density at radius 3 is 1.53 bits per heavy atom. The number of benzene rings is 11. The Bertz CT molecular complexity index is 3670. The van der Waals surface area contributed by atoms with E-state index in [4.69, 9.17) is 0 Å². The molecule has 0 heterocycles. The molecule has 0 N–H and O–H groups in total. The topological polar surface area (TPSA) is 3.24 Å². The highest BCUT2D eigenvalue weighted by Crippen LogP contribution is 2.59. The second kappa shape index (κ2) is 16.6. The monoisotopic (exact) mass is 843 g/mol. The molecule has 0 radical (unpaired) electrons. The molecule has 0 aliphatic heterocycles. The highest BCUT2D eigenvalue weighted by molar-refractivity contribution is 5.99. The molecular formula is C65H45N. The Morgan fingerprint density at radius 1 is 0.318 bits per heavy atom. The molecule has 1 aliphatic rings. The summed E-state index contributed by atoms with van der Waals surface area (Å²) in [6, 6.07) is 85.3. The molecule has 0 saturated heterocycles. The largest absolute Gasteiger partial charge is 0.310 e. The van der Waals surface area contributed by atoms with Gasteiger partial charge in [0.15, 0.2) is 0 Å². The predicted octanol–water partition coefficient (Wildman–Crippen LogP) is 17.3. The summed E-state index contributed by atoms with van der Waals surface area (Å²) in [5.41, 5.74) is 14.7. The maximum atomic E-state index is 9.92. The van der Waals surface area contributed by atoms with Gasteiger partial charge in [-0.2, -0.15) is 0 Å². The first-order valence-electron chi connectivity index (χ1n) is 24.5. The van der Waals surface area contributed by atoms with Gasteiger partial charge in [-0.1, -0.05) is 237 Å². The van der Waals surface area contributed by atoms with Crippen LogP contribution in [-0.2, 0) is 5.41 Å². The van der Waals surface area contributed by atoms with Crippen molar-refractivity contribution in [3.8, 4) is 55.6 Å². The molecular weight excluding hydrogens is 795 g/mol. The summed E-state index contributed by atoms with van der Waals surface area (Å²) < 4.78 is 39.2. The van der Waals surface area contributed by atoms with Crippen LogP contribution in [0, 0.1) is 0 Å². The van der Waals surface area contributed by atoms with Crippen LogP contribution in [-0.4, -0.2) is 0 Å². The average Bonchev–Trinajstić information content (AvgIpc) is 3.74. The van der Waals surface area contributed by atoms with Crippen molar-refractivity contribution in [2.45, 2.75) is 5.41 Å². The van der Waals surface area contributed by atoms with E-state index in [1.807, 2.05) is 71.6 Å². The molecule has 1 heteroatoms. The van der Waals surface area contributed by atoms with Gasteiger partial charge in [-0.05, 0) is 119 Å². The molecule has 0 spiro atoms. The van der Waals surface area contributed by atoms with E-state index in [1.165, 1.54) is 16.3 Å². The van der Waals surface area contributed by atoms with E-state index < -0.39 is 5.41 Å². The minimum atomic E-state index is -0.695. The molecule has 0 saturated carbocycles. The molecule has 0 fully saturated rings. The third-order valence-electron chi connectivity index (χ3n) is 13.2. The standard InChI is InChI=1S/C65H45N/c1-4-17-46(18-5-1)47-33-35-48(36-34-47)49-37-41-56(42-38-49)66(57-43-39-50(40-44-57)52-21-14-22-53(45-52)59-29-15-20-51-19-10-11-27-58(51)59)63-32-16-31-62-64(63)60-28-12-13-30-61(60)65(62,54-23-6-2-7-24-54)55-25-8-3-9-26-55/h1-45H/i37D,38D,41D,42D. The summed E-state index contributed by atoms with van der Waals surface area (Å²) in [6.07, 6.45) is 0. The van der Waals surface area contributed by atoms with Gasteiger partial charge in [-0.15, -0.1) is 0 Å². The molecule has 1 nitrogen and oxygen atoms in total. The molecule has 0 unspecified atom stereocenters. The SMILES string of the molecule is [2H]c1c([2H])c(N(c2ccc(-c3cccc(-c4cccc5ccccc45)c3)cc2)c2cccc3c2-c2ccccc2C3(c2ccccc2)c2ccccc2)c([2H])c([2H])c1-c1ccc(-c2ccccc2)cc1. The van der Waals surface area contributed by atoms with Crippen molar-refractivity contribution >= 4 is 27.8 Å². The number of hydrogen-bond acceptors (Lipinski definition) is 1. The van der Waals surface area contributed by atoms with E-state index in [0.29, 0.717) is 11.3 Å². The summed E-state index contributed by atoms with van der Waals surface area (Å²) in [7, 11) is 0. The lowest BCUT2D eigenvalue weighted by Crippen LogP contribution is -2.28. The maximum absolute atomic E-state index is 9.92. The van der Waals surface area contributed by atoms with Gasteiger partial charge in [-0.25, -0.2) is 0 Å². The summed E-state index contributed by atoms with van der Waals surface area (Å²) in [6.45, 7) is 0. The van der Waals surface area contributed by atoms with Crippen molar-refractivity contribution in [2.24, 2.45) is 0 Å². The van der Waals surface area contributed by atoms with Crippen molar-refractivity contribution in [2.75, 3.05) is 4.90 Å². The van der Waals surface area contributed by atoms with Gasteiger partial charge < -0.3 is 4.90 Å². The molecule has 0 aromatic heterocycles. The normalized spacial score (nSPS) is 13.2. The molecule has 0 bridgehead atoms. The van der Waals surface area contributed by atoms with E-state index in [9.17, 15) is 5.48 Å². The Balaban J connectivity index is 1.06. The lowest BCUT2D eigenvalue weighted by atomic mass is 9.68. The zero-order valence-corrected chi connectivity index (χ0v) is 36.1. The first-order valence-corrected chi connectivity index (χ1v) is 22.5. The fraction of sp³-hybridized carbons (Fsp3) is 0.0154. The van der Waals surface area contributed by atoms with Crippen molar-refractivity contribution in [3.05, 3.63) is 295 Å². The average molecular weight is 844 g/mol. The lowest BCUT2D eigenvalue weighted by Gasteiger charge is -2.34. The van der Waals surface area contributed by atoms with Gasteiger partial charge in [0.25, 0.3) is 0 Å². The summed E-state index contributed by atoms with van der Waals surface area (Å²) in [4.78, 5) is 1.96. The Hall–Kier alpha value is -8.52. The fourth-order valence-corrected chi connectivity index (χ4v) is 10.2. The zero-order chi connectivity index (χ0) is 47.3. The molecule has 11 aromatic rings. The van der Waals surface area contributed by atoms with Gasteiger partial charge in [0.2, 0.25) is 0 Å². The highest BCUT2D eigenvalue weighted by atomic mass is 15.1. The second-order valence-corrected chi connectivity index (χ2v) is 16.9. The minimum absolute atomic E-state index is 0.105. The van der Waals surface area contributed by atoms with E-state index in [1.54, 1.807) is 0 Å². The van der Waals surface area contributed by atoms with Gasteiger partial charge in [0, 0.05) is 16.9 Å². The molecule has 1 aliphatic carbocycles. The van der Waals surface area contributed by atoms with Crippen LogP contribution in [0.4, 0.5) is 17.1 Å². The van der Waals surface area contributed by atoms with E-state index in [-0.39, 0.29) is 35.4 Å². The van der Waals surface area contributed by atoms with E-state index >= 15 is 0 Å². The van der Waals surface area contributed by atoms with Crippen LogP contribution in [0.3, 0.4) is 0 Å². The van der Waals surface area contributed by atoms with Crippen LogP contribution in [0.25, 0.3) is 66.4 Å². The van der Waals surface area contributed by atoms with Crippen LogP contribution in [0.2, 0.25) is 0 Å². The predicted molar refractivity (Wildman–Crippen MR) is 278 cm³/mol. The van der Waals surface area contributed by atoms with E-state index in [0.717, 1.165) is 66.9 Å². The smallest absolute Gasteiger partial charge is 0.0714 e. The first kappa shape index (κ1) is 34.9. The number of rotatable bonds is 9. The molecule has 0 amide bonds. The number of fused-ring (bicyclic) bond motifs is 4. The van der Waals surface area contributed by atoms with Crippen molar-refractivity contribution in [1.29, 1.82) is 0 Å². The summed E-state index contributed by atoms with van der Waals surface area (Å²) >= 11 is 0. The van der Waals surface area contributed by atoms with Gasteiger partial charge in [0.1, 0.15) is 0 Å². The number of hydrogen-bond donors (Lipinski definition) is 0. The van der Waals surface area contributed by atoms with Crippen molar-refractivity contribution < 1.29 is 5.48 Å². The maximum Gasteiger partial charge on any atom is 0.0714 e. The van der Waals surface area contributed by atoms with Gasteiger partial charge in [0.05, 0.1) is 16.6 Å². The van der Waals surface area contributed by atoms with E-state index in [2.05, 4.69) is 182 Å². The van der Waals surface area contributed by atoms with Gasteiger partial charge >= 0.3 is 0 Å². The number of anilines is 3. The zero-order valence-electron chi connectivity index (χ0n) is 40.1. The first-order chi connectivity index (χ1) is 34.4. The quantitative estimate of drug-likeness (QED) is 0.140. The summed E-state index contributed by atoms with van der Waals surface area (Å²) in [5.74, 6) is 0. The molecule has 66 heavy (non-hydrogen) atoms. The van der Waals surface area contributed by atoms with Crippen LogP contribution in [0.1, 0.15) is 27.7 Å². The summed E-state index contributed by atoms with van der Waals surface area (Å²) in [5, 5.41) is 2.39. The van der Waals surface area contributed by atoms with Crippen LogP contribution >= 0.6 is 0 Å². The van der Waals surface area contributed by atoms with Crippen molar-refractivity contribution in [3.63, 3.8) is 0 Å². The van der Waals surface area contributed by atoms with Crippen molar-refractivity contribution in [1.82, 2.24) is 0 Å². The van der Waals surface area contributed by atoms with Crippen LogP contribution in [0.5, 0.6) is 0 Å². The Labute approximate surface area is 392 Å². The lowest BCUT2D eigenvalue weighted by molar-refractivity contribution is 0.768. The molecule has 310 valence electrons. The van der Waals surface area contributed by atoms with Crippen LogP contribution in [0.15, 0.2) is 273 Å². The minimum Gasteiger partial charge on any atom is -0.310 e. The molecule has 0 atom stereocenters. The van der Waals surface area contributed by atoms with Crippen LogP contribution < -0.4 is 4.90 Å². The Morgan fingerprint density at radius 2 is 0.803 bits per heavy atom. The second-order valence-electron chi connectivity index (χ2n) is 16.9. The van der Waals surface area contributed by atoms with Gasteiger partial charge in [-0.3, -0.25) is 0 Å². The Kier molecular flexibility index (Phi) is 8.75. The third-order valence-corrected chi connectivity index (χ3v) is 13.2. The molecule has 12 rings (SSSR count). The number of nitrogens with zero attached hydrogens (tertiary/aromatic N) is 1. The molecule has 11 aromatic carbocycles.